The Balaban J connectivity index is 1.65. The molecule has 2 amide bonds. The molecule has 4 rings (SSSR count). The largest absolute Gasteiger partial charge is 0.494 e. The van der Waals surface area contributed by atoms with Crippen molar-refractivity contribution in [1.29, 1.82) is 0 Å². The van der Waals surface area contributed by atoms with Gasteiger partial charge in [0.15, 0.2) is 9.84 Å². The molecule has 2 aliphatic rings. The van der Waals surface area contributed by atoms with E-state index in [4.69, 9.17) is 4.74 Å². The van der Waals surface area contributed by atoms with Crippen molar-refractivity contribution in [2.75, 3.05) is 23.0 Å². The van der Waals surface area contributed by atoms with E-state index in [1.54, 1.807) is 36.4 Å². The summed E-state index contributed by atoms with van der Waals surface area (Å²) < 4.78 is 30.1. The number of sulfone groups is 1. The average Bonchev–Trinajstić information content (AvgIpc) is 3.13. The number of non-ortho nitro benzene ring substituents is 1. The maximum absolute atomic E-state index is 13.3. The summed E-state index contributed by atoms with van der Waals surface area (Å²) in [6.45, 7) is 2.49. The Labute approximate surface area is 173 Å². The van der Waals surface area contributed by atoms with Crippen LogP contribution < -0.4 is 9.64 Å². The predicted octanol–water partition coefficient (Wildman–Crippen LogP) is 2.60. The lowest BCUT2D eigenvalue weighted by Crippen LogP contribution is -2.37. The van der Waals surface area contributed by atoms with Crippen molar-refractivity contribution >= 4 is 27.2 Å². The number of urea groups is 1. The normalized spacial score (nSPS) is 22.2. The van der Waals surface area contributed by atoms with Crippen molar-refractivity contribution in [1.82, 2.24) is 4.90 Å². The van der Waals surface area contributed by atoms with Crippen molar-refractivity contribution in [3.05, 3.63) is 64.2 Å². The van der Waals surface area contributed by atoms with Gasteiger partial charge < -0.3 is 9.64 Å². The molecule has 0 aromatic heterocycles. The summed E-state index contributed by atoms with van der Waals surface area (Å²) in [6.07, 6.45) is 0. The van der Waals surface area contributed by atoms with Crippen LogP contribution in [0.25, 0.3) is 0 Å². The van der Waals surface area contributed by atoms with Crippen LogP contribution in [-0.2, 0) is 16.4 Å². The van der Waals surface area contributed by atoms with E-state index in [2.05, 4.69) is 0 Å². The lowest BCUT2D eigenvalue weighted by molar-refractivity contribution is -0.384. The van der Waals surface area contributed by atoms with Crippen molar-refractivity contribution in [2.45, 2.75) is 25.6 Å². The van der Waals surface area contributed by atoms with Crippen LogP contribution in [0.1, 0.15) is 12.5 Å². The molecule has 2 aromatic carbocycles. The fourth-order valence-corrected chi connectivity index (χ4v) is 6.05. The van der Waals surface area contributed by atoms with Gasteiger partial charge >= 0.3 is 6.03 Å². The number of nitro groups is 1. The molecule has 2 saturated heterocycles. The van der Waals surface area contributed by atoms with Gasteiger partial charge in [-0.1, -0.05) is 12.1 Å². The summed E-state index contributed by atoms with van der Waals surface area (Å²) in [6, 6.07) is 11.7. The Kier molecular flexibility index (Phi) is 5.10. The number of fused-ring (bicyclic) bond motifs is 1. The van der Waals surface area contributed by atoms with E-state index < -0.39 is 26.8 Å². The number of rotatable bonds is 6. The van der Waals surface area contributed by atoms with Crippen LogP contribution in [0.2, 0.25) is 0 Å². The number of ether oxygens (including phenoxy) is 1. The molecule has 2 atom stereocenters. The lowest BCUT2D eigenvalue weighted by Gasteiger charge is -2.23. The van der Waals surface area contributed by atoms with Gasteiger partial charge in [0.05, 0.1) is 35.1 Å². The molecular weight excluding hydrogens is 410 g/mol. The van der Waals surface area contributed by atoms with Gasteiger partial charge in [-0.25, -0.2) is 13.2 Å². The van der Waals surface area contributed by atoms with Crippen molar-refractivity contribution in [3.8, 4) is 5.75 Å². The molecule has 2 aliphatic heterocycles. The van der Waals surface area contributed by atoms with Crippen molar-refractivity contribution in [2.24, 2.45) is 0 Å². The lowest BCUT2D eigenvalue weighted by atomic mass is 10.1. The molecule has 10 heteroatoms. The third-order valence-corrected chi connectivity index (χ3v) is 7.08. The third kappa shape index (κ3) is 3.70. The zero-order valence-electron chi connectivity index (χ0n) is 16.3. The predicted molar refractivity (Wildman–Crippen MR) is 110 cm³/mol. The zero-order chi connectivity index (χ0) is 21.5. The van der Waals surface area contributed by atoms with Gasteiger partial charge in [0.2, 0.25) is 0 Å². The number of hydrogen-bond donors (Lipinski definition) is 0. The molecule has 30 heavy (non-hydrogen) atoms. The second kappa shape index (κ2) is 7.60. The van der Waals surface area contributed by atoms with Crippen LogP contribution in [0.5, 0.6) is 5.75 Å². The molecule has 2 heterocycles. The van der Waals surface area contributed by atoms with Crippen molar-refractivity contribution in [3.63, 3.8) is 0 Å². The van der Waals surface area contributed by atoms with Crippen LogP contribution in [0.4, 0.5) is 16.2 Å². The number of nitrogens with zero attached hydrogens (tertiary/aromatic N) is 3. The van der Waals surface area contributed by atoms with Gasteiger partial charge in [0.25, 0.3) is 5.69 Å². The zero-order valence-corrected chi connectivity index (χ0v) is 17.1. The first kappa shape index (κ1) is 20.1. The minimum absolute atomic E-state index is 0.0712. The quantitative estimate of drug-likeness (QED) is 0.395. The molecule has 2 fully saturated rings. The van der Waals surface area contributed by atoms with E-state index in [9.17, 15) is 23.3 Å². The van der Waals surface area contributed by atoms with E-state index in [0.717, 1.165) is 0 Å². The first-order chi connectivity index (χ1) is 14.3. The van der Waals surface area contributed by atoms with Crippen molar-refractivity contribution < 1.29 is 22.9 Å². The highest BCUT2D eigenvalue weighted by Crippen LogP contribution is 2.36. The van der Waals surface area contributed by atoms with Gasteiger partial charge in [0, 0.05) is 24.4 Å². The van der Waals surface area contributed by atoms with E-state index in [1.807, 2.05) is 6.92 Å². The molecular formula is C20H21N3O6S. The van der Waals surface area contributed by atoms with E-state index in [0.29, 0.717) is 23.6 Å². The Bertz CT molecular complexity index is 1090. The molecule has 0 saturated carbocycles. The van der Waals surface area contributed by atoms with Crippen LogP contribution in [0.3, 0.4) is 0 Å². The number of amides is 2. The highest BCUT2D eigenvalue weighted by Gasteiger charge is 2.53. The Hall–Kier alpha value is -3.14. The summed E-state index contributed by atoms with van der Waals surface area (Å²) >= 11 is 0. The molecule has 2 aromatic rings. The molecule has 158 valence electrons. The second-order valence-electron chi connectivity index (χ2n) is 7.35. The second-order valence-corrected chi connectivity index (χ2v) is 9.50. The topological polar surface area (TPSA) is 110 Å². The van der Waals surface area contributed by atoms with E-state index >= 15 is 0 Å². The van der Waals surface area contributed by atoms with Gasteiger partial charge in [0.1, 0.15) is 5.75 Å². The monoisotopic (exact) mass is 431 g/mol. The molecule has 0 bridgehead atoms. The number of hydrogen-bond acceptors (Lipinski definition) is 6. The van der Waals surface area contributed by atoms with Gasteiger partial charge in [-0.3, -0.25) is 15.0 Å². The molecule has 0 aliphatic carbocycles. The first-order valence-corrected chi connectivity index (χ1v) is 11.4. The Morgan fingerprint density at radius 2 is 1.83 bits per heavy atom. The van der Waals surface area contributed by atoms with E-state index in [-0.39, 0.29) is 29.8 Å². The highest BCUT2D eigenvalue weighted by atomic mass is 32.2. The number of carbonyl (C=O) groups excluding carboxylic acids is 1. The fourth-order valence-electron chi connectivity index (χ4n) is 4.10. The summed E-state index contributed by atoms with van der Waals surface area (Å²) in [5.41, 5.74) is 1.10. The molecule has 9 nitrogen and oxygen atoms in total. The van der Waals surface area contributed by atoms with Gasteiger partial charge in [-0.15, -0.1) is 0 Å². The maximum atomic E-state index is 13.3. The van der Waals surface area contributed by atoms with E-state index in [1.165, 1.54) is 21.9 Å². The van der Waals surface area contributed by atoms with Gasteiger partial charge in [-0.05, 0) is 36.8 Å². The Morgan fingerprint density at radius 1 is 1.13 bits per heavy atom. The summed E-state index contributed by atoms with van der Waals surface area (Å²) in [4.78, 5) is 26.8. The molecule has 2 unspecified atom stereocenters. The molecule has 0 radical (unpaired) electrons. The van der Waals surface area contributed by atoms with Crippen LogP contribution in [0, 0.1) is 10.1 Å². The summed E-state index contributed by atoms with van der Waals surface area (Å²) in [5, 5.41) is 11.1. The van der Waals surface area contributed by atoms with Crippen LogP contribution >= 0.6 is 0 Å². The van der Waals surface area contributed by atoms with Gasteiger partial charge in [-0.2, -0.15) is 0 Å². The number of carbonyl (C=O) groups is 1. The Morgan fingerprint density at radius 3 is 2.50 bits per heavy atom. The van der Waals surface area contributed by atoms with Crippen LogP contribution in [0.15, 0.2) is 48.5 Å². The number of nitro benzene ring substituents is 1. The maximum Gasteiger partial charge on any atom is 0.325 e. The SMILES string of the molecule is CCOc1ccc(N2C(=O)N(Cc3cccc([N+](=O)[O-])c3)C3CS(=O)(=O)CC32)cc1. The number of anilines is 1. The van der Waals surface area contributed by atoms with Crippen LogP contribution in [-0.4, -0.2) is 54.5 Å². The smallest absolute Gasteiger partial charge is 0.325 e. The first-order valence-electron chi connectivity index (χ1n) is 9.55. The standard InChI is InChI=1S/C20H21N3O6S/c1-2-29-17-8-6-15(7-9-17)22-19-13-30(27,28)12-18(19)21(20(22)24)11-14-4-3-5-16(10-14)23(25)26/h3-10,18-19H,2,11-13H2,1H3. The molecule has 0 spiro atoms. The molecule has 0 N–H and O–H groups in total. The average molecular weight is 431 g/mol. The minimum atomic E-state index is -3.30. The summed E-state index contributed by atoms with van der Waals surface area (Å²) in [7, 11) is -3.30. The third-order valence-electron chi connectivity index (χ3n) is 5.38. The minimum Gasteiger partial charge on any atom is -0.494 e. The fraction of sp³-hybridized carbons (Fsp3) is 0.350. The highest BCUT2D eigenvalue weighted by molar-refractivity contribution is 7.91. The summed E-state index contributed by atoms with van der Waals surface area (Å²) in [5.74, 6) is 0.436. The number of benzene rings is 2.